The number of pyridine rings is 1. The van der Waals surface area contributed by atoms with E-state index >= 15 is 0 Å². The van der Waals surface area contributed by atoms with E-state index in [2.05, 4.69) is 47.4 Å². The lowest BCUT2D eigenvalue weighted by Gasteiger charge is -2.34. The van der Waals surface area contributed by atoms with E-state index in [4.69, 9.17) is 4.98 Å². The van der Waals surface area contributed by atoms with Crippen molar-refractivity contribution in [3.63, 3.8) is 0 Å². The Morgan fingerprint density at radius 2 is 2.05 bits per heavy atom. The van der Waals surface area contributed by atoms with Crippen LogP contribution in [-0.2, 0) is 6.54 Å². The first-order valence-electron chi connectivity index (χ1n) is 7.19. The summed E-state index contributed by atoms with van der Waals surface area (Å²) >= 11 is 0. The van der Waals surface area contributed by atoms with Crippen molar-refractivity contribution in [2.45, 2.75) is 19.4 Å². The molecule has 0 atom stereocenters. The van der Waals surface area contributed by atoms with Crippen LogP contribution in [-0.4, -0.2) is 50.7 Å². The van der Waals surface area contributed by atoms with Crippen molar-refractivity contribution in [1.29, 1.82) is 0 Å². The van der Waals surface area contributed by atoms with Gasteiger partial charge in [0.25, 0.3) is 0 Å². The van der Waals surface area contributed by atoms with Gasteiger partial charge in [-0.3, -0.25) is 0 Å². The molecular weight excluding hydrogens is 236 g/mol. The minimum atomic E-state index is 0.838. The van der Waals surface area contributed by atoms with E-state index in [0.717, 1.165) is 37.1 Å². The summed E-state index contributed by atoms with van der Waals surface area (Å²) in [6.45, 7) is 4.31. The number of nitrogens with one attached hydrogen (secondary N) is 1. The minimum absolute atomic E-state index is 0.838. The van der Waals surface area contributed by atoms with Crippen LogP contribution in [0.4, 0.5) is 5.82 Å². The Morgan fingerprint density at radius 3 is 2.68 bits per heavy atom. The average Bonchev–Trinajstić information content (AvgIpc) is 2.40. The van der Waals surface area contributed by atoms with Crippen molar-refractivity contribution < 1.29 is 0 Å². The quantitative estimate of drug-likeness (QED) is 0.873. The van der Waals surface area contributed by atoms with Gasteiger partial charge in [0, 0.05) is 26.2 Å². The Kier molecular flexibility index (Phi) is 5.16. The summed E-state index contributed by atoms with van der Waals surface area (Å²) in [5.41, 5.74) is 1.12. The molecule has 0 amide bonds. The van der Waals surface area contributed by atoms with E-state index in [0.29, 0.717) is 0 Å². The molecule has 0 aromatic carbocycles. The lowest BCUT2D eigenvalue weighted by atomic mass is 9.96. The molecule has 106 valence electrons. The van der Waals surface area contributed by atoms with E-state index in [1.807, 2.05) is 7.05 Å². The van der Waals surface area contributed by atoms with Crippen molar-refractivity contribution in [3.8, 4) is 0 Å². The summed E-state index contributed by atoms with van der Waals surface area (Å²) in [5.74, 6) is 1.97. The summed E-state index contributed by atoms with van der Waals surface area (Å²) in [6, 6.07) is 6.32. The van der Waals surface area contributed by atoms with Gasteiger partial charge in [-0.05, 0) is 52.0 Å². The van der Waals surface area contributed by atoms with Crippen molar-refractivity contribution >= 4 is 5.82 Å². The molecule has 0 unspecified atom stereocenters. The van der Waals surface area contributed by atoms with Gasteiger partial charge in [0.1, 0.15) is 5.82 Å². The normalized spacial score (nSPS) is 17.2. The fraction of sp³-hybridized carbons (Fsp3) is 0.667. The van der Waals surface area contributed by atoms with Gasteiger partial charge < -0.3 is 15.1 Å². The van der Waals surface area contributed by atoms with Crippen LogP contribution in [0.1, 0.15) is 18.5 Å². The van der Waals surface area contributed by atoms with Crippen molar-refractivity contribution in [2.75, 3.05) is 45.7 Å². The molecule has 0 aliphatic carbocycles. The van der Waals surface area contributed by atoms with Crippen LogP contribution in [0.5, 0.6) is 0 Å². The smallest absolute Gasteiger partial charge is 0.128 e. The number of anilines is 1. The Bertz CT molecular complexity index is 383. The molecule has 1 aromatic heterocycles. The van der Waals surface area contributed by atoms with E-state index in [-0.39, 0.29) is 0 Å². The molecule has 1 aliphatic heterocycles. The second-order valence-electron chi connectivity index (χ2n) is 5.71. The molecule has 0 radical (unpaired) electrons. The van der Waals surface area contributed by atoms with Gasteiger partial charge in [-0.15, -0.1) is 0 Å². The zero-order chi connectivity index (χ0) is 13.7. The molecule has 1 aromatic rings. The fourth-order valence-corrected chi connectivity index (χ4v) is 2.78. The third kappa shape index (κ3) is 4.18. The number of nitrogens with zero attached hydrogens (tertiary/aromatic N) is 3. The molecule has 2 heterocycles. The molecule has 4 heteroatoms. The number of aromatic nitrogens is 1. The van der Waals surface area contributed by atoms with Gasteiger partial charge >= 0.3 is 0 Å². The monoisotopic (exact) mass is 262 g/mol. The number of hydrogen-bond donors (Lipinski definition) is 1. The van der Waals surface area contributed by atoms with Crippen LogP contribution in [0.15, 0.2) is 18.2 Å². The Balaban J connectivity index is 1.92. The van der Waals surface area contributed by atoms with E-state index in [1.54, 1.807) is 0 Å². The zero-order valence-corrected chi connectivity index (χ0v) is 12.4. The molecule has 1 saturated heterocycles. The van der Waals surface area contributed by atoms with Crippen LogP contribution in [0, 0.1) is 5.92 Å². The van der Waals surface area contributed by atoms with Gasteiger partial charge in [-0.2, -0.15) is 0 Å². The van der Waals surface area contributed by atoms with Crippen LogP contribution >= 0.6 is 0 Å². The standard InChI is InChI=1S/C15H26N4/c1-16-11-14-5-4-6-15(17-14)19-9-7-13(8-10-19)12-18(2)3/h4-6,13,16H,7-12H2,1-3H3. The van der Waals surface area contributed by atoms with Gasteiger partial charge in [-0.25, -0.2) is 4.98 Å². The lowest BCUT2D eigenvalue weighted by molar-refractivity contribution is 0.284. The zero-order valence-electron chi connectivity index (χ0n) is 12.4. The molecule has 1 N–H and O–H groups in total. The van der Waals surface area contributed by atoms with E-state index in [9.17, 15) is 0 Å². The third-order valence-electron chi connectivity index (χ3n) is 3.71. The Hall–Kier alpha value is -1.13. The van der Waals surface area contributed by atoms with Gasteiger partial charge in [0.05, 0.1) is 5.69 Å². The highest BCUT2D eigenvalue weighted by atomic mass is 15.2. The highest BCUT2D eigenvalue weighted by Gasteiger charge is 2.20. The van der Waals surface area contributed by atoms with Crippen LogP contribution in [0.25, 0.3) is 0 Å². The number of hydrogen-bond acceptors (Lipinski definition) is 4. The molecule has 0 saturated carbocycles. The first kappa shape index (κ1) is 14.3. The number of rotatable bonds is 5. The van der Waals surface area contributed by atoms with Crippen LogP contribution in [0.3, 0.4) is 0 Å². The van der Waals surface area contributed by atoms with Gasteiger partial charge in [-0.1, -0.05) is 6.07 Å². The summed E-state index contributed by atoms with van der Waals surface area (Å²) in [5, 5.41) is 3.16. The summed E-state index contributed by atoms with van der Waals surface area (Å²) < 4.78 is 0. The summed E-state index contributed by atoms with van der Waals surface area (Å²) in [6.07, 6.45) is 2.55. The van der Waals surface area contributed by atoms with Gasteiger partial charge in [0.2, 0.25) is 0 Å². The second-order valence-corrected chi connectivity index (χ2v) is 5.71. The topological polar surface area (TPSA) is 31.4 Å². The first-order valence-corrected chi connectivity index (χ1v) is 7.19. The molecule has 1 fully saturated rings. The Labute approximate surface area is 116 Å². The summed E-state index contributed by atoms with van der Waals surface area (Å²) in [4.78, 5) is 9.44. The third-order valence-corrected chi connectivity index (χ3v) is 3.71. The maximum Gasteiger partial charge on any atom is 0.128 e. The molecule has 0 spiro atoms. The van der Waals surface area contributed by atoms with Crippen molar-refractivity contribution in [1.82, 2.24) is 15.2 Å². The fourth-order valence-electron chi connectivity index (χ4n) is 2.78. The molecule has 1 aliphatic rings. The molecule has 2 rings (SSSR count). The largest absolute Gasteiger partial charge is 0.357 e. The Morgan fingerprint density at radius 1 is 1.32 bits per heavy atom. The minimum Gasteiger partial charge on any atom is -0.357 e. The number of piperidine rings is 1. The molecular formula is C15H26N4. The SMILES string of the molecule is CNCc1cccc(N2CCC(CN(C)C)CC2)n1. The maximum absolute atomic E-state index is 4.73. The van der Waals surface area contributed by atoms with Crippen molar-refractivity contribution in [3.05, 3.63) is 23.9 Å². The predicted octanol–water partition coefficient (Wildman–Crippen LogP) is 1.58. The molecule has 4 nitrogen and oxygen atoms in total. The first-order chi connectivity index (χ1) is 9.19. The van der Waals surface area contributed by atoms with Crippen molar-refractivity contribution in [2.24, 2.45) is 5.92 Å². The van der Waals surface area contributed by atoms with E-state index in [1.165, 1.54) is 19.4 Å². The second kappa shape index (κ2) is 6.87. The lowest BCUT2D eigenvalue weighted by Crippen LogP contribution is -2.37. The van der Waals surface area contributed by atoms with Crippen LogP contribution < -0.4 is 10.2 Å². The average molecular weight is 262 g/mol. The molecule has 0 bridgehead atoms. The van der Waals surface area contributed by atoms with E-state index < -0.39 is 0 Å². The maximum atomic E-state index is 4.73. The summed E-state index contributed by atoms with van der Waals surface area (Å²) in [7, 11) is 6.28. The molecule has 19 heavy (non-hydrogen) atoms. The van der Waals surface area contributed by atoms with Crippen LogP contribution in [0.2, 0.25) is 0 Å². The highest BCUT2D eigenvalue weighted by Crippen LogP contribution is 2.22. The predicted molar refractivity (Wildman–Crippen MR) is 80.5 cm³/mol. The highest BCUT2D eigenvalue weighted by molar-refractivity contribution is 5.39. The van der Waals surface area contributed by atoms with Gasteiger partial charge in [0.15, 0.2) is 0 Å².